The maximum absolute atomic E-state index is 12.3. The molecule has 2 aliphatic rings. The van der Waals surface area contributed by atoms with Gasteiger partial charge >= 0.3 is 6.03 Å². The number of hydrogen-bond acceptors (Lipinski definition) is 4. The van der Waals surface area contributed by atoms with Crippen LogP contribution in [0, 0.1) is 0 Å². The summed E-state index contributed by atoms with van der Waals surface area (Å²) in [5.74, 6) is -0.353. The molecule has 0 aromatic heterocycles. The number of amides is 4. The number of urea groups is 1. The molecule has 0 unspecified atom stereocenters. The molecule has 0 saturated carbocycles. The third-order valence-electron chi connectivity index (χ3n) is 4.31. The Labute approximate surface area is 144 Å². The number of benzene rings is 1. The maximum atomic E-state index is 12.3. The summed E-state index contributed by atoms with van der Waals surface area (Å²) >= 11 is 6.01. The molecule has 2 N–H and O–H groups in total. The van der Waals surface area contributed by atoms with Gasteiger partial charge in [-0.2, -0.15) is 0 Å². The van der Waals surface area contributed by atoms with Gasteiger partial charge in [0, 0.05) is 43.3 Å². The van der Waals surface area contributed by atoms with Crippen LogP contribution in [0.15, 0.2) is 24.3 Å². The molecule has 1 atom stereocenters. The van der Waals surface area contributed by atoms with Gasteiger partial charge < -0.3 is 15.1 Å². The van der Waals surface area contributed by atoms with Gasteiger partial charge in [-0.1, -0.05) is 17.7 Å². The molecular formula is C16H19ClN4O3. The van der Waals surface area contributed by atoms with Crippen LogP contribution < -0.4 is 15.5 Å². The van der Waals surface area contributed by atoms with Crippen LogP contribution >= 0.6 is 11.6 Å². The van der Waals surface area contributed by atoms with Crippen LogP contribution in [-0.2, 0) is 9.59 Å². The standard InChI is InChI=1S/C16H19ClN4O3/c17-11-2-1-3-12(10-11)20-6-8-21(9-7-20)14(22)5-4-13-15(23)19-16(24)18-13/h1-3,10,13H,4-9H2,(H2,18,19,23,24)/t13-/m0/s1. The number of carbonyl (C=O) groups is 3. The number of piperazine rings is 1. The second-order valence-corrected chi connectivity index (χ2v) is 6.34. The van der Waals surface area contributed by atoms with Crippen LogP contribution in [0.5, 0.6) is 0 Å². The van der Waals surface area contributed by atoms with Gasteiger partial charge in [-0.3, -0.25) is 14.9 Å². The molecule has 2 aliphatic heterocycles. The number of imide groups is 1. The lowest BCUT2D eigenvalue weighted by atomic mass is 10.1. The van der Waals surface area contributed by atoms with Gasteiger partial charge in [-0.15, -0.1) is 0 Å². The molecule has 8 heteroatoms. The second kappa shape index (κ2) is 7.09. The first-order chi connectivity index (χ1) is 11.5. The van der Waals surface area contributed by atoms with Crippen molar-refractivity contribution in [3.05, 3.63) is 29.3 Å². The zero-order chi connectivity index (χ0) is 17.1. The predicted octanol–water partition coefficient (Wildman–Crippen LogP) is 0.977. The second-order valence-electron chi connectivity index (χ2n) is 5.90. The van der Waals surface area contributed by atoms with Gasteiger partial charge in [0.25, 0.3) is 5.91 Å². The summed E-state index contributed by atoms with van der Waals surface area (Å²) in [7, 11) is 0. The van der Waals surface area contributed by atoms with Gasteiger partial charge in [0.15, 0.2) is 0 Å². The smallest absolute Gasteiger partial charge is 0.322 e. The lowest BCUT2D eigenvalue weighted by Crippen LogP contribution is -2.49. The van der Waals surface area contributed by atoms with Gasteiger partial charge in [0.05, 0.1) is 0 Å². The molecule has 3 rings (SSSR count). The highest BCUT2D eigenvalue weighted by atomic mass is 35.5. The fourth-order valence-corrected chi connectivity index (χ4v) is 3.16. The molecule has 4 amide bonds. The van der Waals surface area contributed by atoms with Crippen LogP contribution in [0.3, 0.4) is 0 Å². The van der Waals surface area contributed by atoms with Crippen LogP contribution in [0.25, 0.3) is 0 Å². The molecule has 0 bridgehead atoms. The summed E-state index contributed by atoms with van der Waals surface area (Å²) in [6.45, 7) is 2.75. The van der Waals surface area contributed by atoms with E-state index in [1.165, 1.54) is 0 Å². The van der Waals surface area contributed by atoms with Crippen molar-refractivity contribution < 1.29 is 14.4 Å². The molecular weight excluding hydrogens is 332 g/mol. The molecule has 2 saturated heterocycles. The quantitative estimate of drug-likeness (QED) is 0.793. The van der Waals surface area contributed by atoms with Crippen molar-refractivity contribution in [2.24, 2.45) is 0 Å². The lowest BCUT2D eigenvalue weighted by molar-refractivity contribution is -0.131. The molecule has 0 radical (unpaired) electrons. The van der Waals surface area contributed by atoms with Crippen LogP contribution in [0.4, 0.5) is 10.5 Å². The van der Waals surface area contributed by atoms with Gasteiger partial charge in [-0.25, -0.2) is 4.79 Å². The first-order valence-corrected chi connectivity index (χ1v) is 8.30. The molecule has 1 aromatic rings. The Morgan fingerprint density at radius 1 is 1.21 bits per heavy atom. The van der Waals surface area contributed by atoms with Crippen molar-refractivity contribution in [1.29, 1.82) is 0 Å². The number of nitrogens with one attached hydrogen (secondary N) is 2. The summed E-state index contributed by atoms with van der Waals surface area (Å²) in [6.07, 6.45) is 0.570. The normalized spacial score (nSPS) is 20.8. The SMILES string of the molecule is O=C1NC(=O)[C@H](CCC(=O)N2CCN(c3cccc(Cl)c3)CC2)N1. The lowest BCUT2D eigenvalue weighted by Gasteiger charge is -2.36. The van der Waals surface area contributed by atoms with E-state index in [1.807, 2.05) is 24.3 Å². The Morgan fingerprint density at radius 3 is 2.58 bits per heavy atom. The van der Waals surface area contributed by atoms with E-state index < -0.39 is 12.1 Å². The molecule has 0 spiro atoms. The van der Waals surface area contributed by atoms with Crippen molar-refractivity contribution in [3.8, 4) is 0 Å². The van der Waals surface area contributed by atoms with Gasteiger partial charge in [-0.05, 0) is 24.6 Å². The van der Waals surface area contributed by atoms with E-state index in [-0.39, 0.29) is 18.2 Å². The summed E-state index contributed by atoms with van der Waals surface area (Å²) in [5.41, 5.74) is 1.06. The average molecular weight is 351 g/mol. The molecule has 7 nitrogen and oxygen atoms in total. The summed E-state index contributed by atoms with van der Waals surface area (Å²) in [5, 5.41) is 5.37. The van der Waals surface area contributed by atoms with E-state index in [4.69, 9.17) is 11.6 Å². The molecule has 0 aliphatic carbocycles. The topological polar surface area (TPSA) is 81.8 Å². The fraction of sp³-hybridized carbons (Fsp3) is 0.438. The van der Waals surface area contributed by atoms with E-state index in [0.29, 0.717) is 24.5 Å². The number of halogens is 1. The Hall–Kier alpha value is -2.28. The van der Waals surface area contributed by atoms with Gasteiger partial charge in [0.1, 0.15) is 6.04 Å². The zero-order valence-electron chi connectivity index (χ0n) is 13.1. The Bertz CT molecular complexity index is 658. The van der Waals surface area contributed by atoms with E-state index in [1.54, 1.807) is 4.90 Å². The third-order valence-corrected chi connectivity index (χ3v) is 4.55. The third kappa shape index (κ3) is 3.79. The summed E-state index contributed by atoms with van der Waals surface area (Å²) in [4.78, 5) is 38.8. The minimum absolute atomic E-state index is 0.00898. The Balaban J connectivity index is 1.47. The highest BCUT2D eigenvalue weighted by Crippen LogP contribution is 2.21. The van der Waals surface area contributed by atoms with E-state index >= 15 is 0 Å². The van der Waals surface area contributed by atoms with Crippen molar-refractivity contribution in [2.75, 3.05) is 31.1 Å². The number of rotatable bonds is 4. The number of carbonyl (C=O) groups excluding carboxylic acids is 3. The molecule has 128 valence electrons. The fourth-order valence-electron chi connectivity index (χ4n) is 2.97. The van der Waals surface area contributed by atoms with E-state index in [9.17, 15) is 14.4 Å². The first-order valence-electron chi connectivity index (χ1n) is 7.92. The van der Waals surface area contributed by atoms with E-state index in [0.717, 1.165) is 18.8 Å². The maximum Gasteiger partial charge on any atom is 0.322 e. The van der Waals surface area contributed by atoms with Crippen LogP contribution in [-0.4, -0.2) is 55.0 Å². The first kappa shape index (κ1) is 16.6. The van der Waals surface area contributed by atoms with E-state index in [2.05, 4.69) is 15.5 Å². The molecule has 2 heterocycles. The van der Waals surface area contributed by atoms with Crippen LogP contribution in [0.1, 0.15) is 12.8 Å². The predicted molar refractivity (Wildman–Crippen MR) is 89.9 cm³/mol. The number of nitrogens with zero attached hydrogens (tertiary/aromatic N) is 2. The minimum Gasteiger partial charge on any atom is -0.368 e. The number of anilines is 1. The van der Waals surface area contributed by atoms with Crippen LogP contribution in [0.2, 0.25) is 5.02 Å². The van der Waals surface area contributed by atoms with Crippen molar-refractivity contribution >= 4 is 35.1 Å². The minimum atomic E-state index is -0.603. The zero-order valence-corrected chi connectivity index (χ0v) is 13.9. The Morgan fingerprint density at radius 2 is 1.96 bits per heavy atom. The molecule has 24 heavy (non-hydrogen) atoms. The summed E-state index contributed by atoms with van der Waals surface area (Å²) < 4.78 is 0. The Kier molecular flexibility index (Phi) is 4.89. The largest absolute Gasteiger partial charge is 0.368 e. The van der Waals surface area contributed by atoms with Gasteiger partial charge in [0.2, 0.25) is 5.91 Å². The van der Waals surface area contributed by atoms with Crippen molar-refractivity contribution in [1.82, 2.24) is 15.5 Å². The van der Waals surface area contributed by atoms with Crippen molar-refractivity contribution in [3.63, 3.8) is 0 Å². The van der Waals surface area contributed by atoms with Crippen molar-refractivity contribution in [2.45, 2.75) is 18.9 Å². The molecule has 2 fully saturated rings. The molecule has 1 aromatic carbocycles. The highest BCUT2D eigenvalue weighted by Gasteiger charge is 2.30. The average Bonchev–Trinajstić information content (AvgIpc) is 2.90. The summed E-state index contributed by atoms with van der Waals surface area (Å²) in [6, 6.07) is 6.58. The number of hydrogen-bond donors (Lipinski definition) is 2. The monoisotopic (exact) mass is 350 g/mol. The highest BCUT2D eigenvalue weighted by molar-refractivity contribution is 6.30.